The molecule has 1 aliphatic rings. The molecule has 0 spiro atoms. The molecule has 1 saturated heterocycles. The number of rotatable bonds is 4. The molecule has 0 radical (unpaired) electrons. The minimum absolute atomic E-state index is 0.0637. The molecule has 0 aliphatic carbocycles. The van der Waals surface area contributed by atoms with Crippen LogP contribution in [0.3, 0.4) is 0 Å². The summed E-state index contributed by atoms with van der Waals surface area (Å²) in [6, 6.07) is 3.76. The number of carbonyl (C=O) groups excluding carboxylic acids is 1. The topological polar surface area (TPSA) is 101 Å². The Balaban J connectivity index is 1.57. The summed E-state index contributed by atoms with van der Waals surface area (Å²) in [6.07, 6.45) is 3.17. The van der Waals surface area contributed by atoms with E-state index in [1.165, 1.54) is 11.0 Å². The van der Waals surface area contributed by atoms with E-state index in [9.17, 15) is 4.79 Å². The van der Waals surface area contributed by atoms with Crippen LogP contribution in [0.15, 0.2) is 24.7 Å². The van der Waals surface area contributed by atoms with Gasteiger partial charge < -0.3 is 15.5 Å². The molecular weight excluding hydrogens is 272 g/mol. The van der Waals surface area contributed by atoms with Crippen LogP contribution in [0.5, 0.6) is 0 Å². The van der Waals surface area contributed by atoms with Crippen molar-refractivity contribution in [1.29, 1.82) is 0 Å². The Kier molecular flexibility index (Phi) is 4.01. The molecule has 1 aliphatic heterocycles. The molecule has 0 saturated carbocycles. The third-order valence-corrected chi connectivity index (χ3v) is 3.19. The van der Waals surface area contributed by atoms with E-state index < -0.39 is 0 Å². The lowest BCUT2D eigenvalue weighted by Gasteiger charge is -2.29. The van der Waals surface area contributed by atoms with E-state index in [2.05, 4.69) is 36.0 Å². The van der Waals surface area contributed by atoms with Gasteiger partial charge in [0.25, 0.3) is 0 Å². The molecule has 1 fully saturated rings. The Morgan fingerprint density at radius 2 is 2.19 bits per heavy atom. The molecule has 2 N–H and O–H groups in total. The minimum Gasteiger partial charge on any atom is -0.368 e. The van der Waals surface area contributed by atoms with Gasteiger partial charge in [-0.15, -0.1) is 5.10 Å². The average molecular weight is 288 g/mol. The van der Waals surface area contributed by atoms with E-state index in [0.29, 0.717) is 5.82 Å². The maximum absolute atomic E-state index is 11.8. The molecule has 0 bridgehead atoms. The fourth-order valence-electron chi connectivity index (χ4n) is 2.15. The largest absolute Gasteiger partial charge is 0.368 e. The lowest BCUT2D eigenvalue weighted by atomic mass is 10.3. The van der Waals surface area contributed by atoms with Crippen molar-refractivity contribution in [3.05, 3.63) is 24.7 Å². The van der Waals surface area contributed by atoms with Crippen LogP contribution in [0.2, 0.25) is 0 Å². The monoisotopic (exact) mass is 288 g/mol. The molecular formula is C12H16N8O. The van der Waals surface area contributed by atoms with Gasteiger partial charge in [-0.05, 0) is 22.6 Å². The van der Waals surface area contributed by atoms with Crippen LogP contribution < -0.4 is 15.5 Å². The number of tetrazole rings is 1. The first-order valence-electron chi connectivity index (χ1n) is 6.73. The van der Waals surface area contributed by atoms with Crippen molar-refractivity contribution in [2.75, 3.05) is 36.4 Å². The third-order valence-electron chi connectivity index (χ3n) is 3.19. The van der Waals surface area contributed by atoms with Crippen LogP contribution >= 0.6 is 0 Å². The standard InChI is InChI=1S/C12H16N8O/c21-12(8-20-9-15-17-18-20)16-11-2-1-10(7-14-11)19-5-3-13-4-6-19/h1-2,7,9,13H,3-6,8H2,(H,14,16,21). The molecule has 2 aromatic rings. The molecule has 9 heteroatoms. The maximum atomic E-state index is 11.8. The zero-order valence-electron chi connectivity index (χ0n) is 11.4. The van der Waals surface area contributed by atoms with Crippen LogP contribution in [-0.4, -0.2) is 57.3 Å². The number of nitrogens with zero attached hydrogens (tertiary/aromatic N) is 6. The molecule has 1 amide bonds. The third kappa shape index (κ3) is 3.51. The summed E-state index contributed by atoms with van der Waals surface area (Å²) in [6.45, 7) is 3.95. The molecule has 0 unspecified atom stereocenters. The highest BCUT2D eigenvalue weighted by Crippen LogP contribution is 2.15. The fourth-order valence-corrected chi connectivity index (χ4v) is 2.15. The van der Waals surface area contributed by atoms with E-state index in [1.54, 1.807) is 12.3 Å². The van der Waals surface area contributed by atoms with E-state index in [1.807, 2.05) is 6.07 Å². The molecule has 3 heterocycles. The van der Waals surface area contributed by atoms with Crippen LogP contribution in [0.4, 0.5) is 11.5 Å². The summed E-state index contributed by atoms with van der Waals surface area (Å²) in [5.41, 5.74) is 1.06. The predicted octanol–water partition coefficient (Wildman–Crippen LogP) is -0.884. The Morgan fingerprint density at radius 3 is 2.86 bits per heavy atom. The van der Waals surface area contributed by atoms with Crippen molar-refractivity contribution in [1.82, 2.24) is 30.5 Å². The Morgan fingerprint density at radius 1 is 1.33 bits per heavy atom. The second kappa shape index (κ2) is 6.27. The molecule has 0 aromatic carbocycles. The van der Waals surface area contributed by atoms with Gasteiger partial charge >= 0.3 is 0 Å². The first-order valence-corrected chi connectivity index (χ1v) is 6.73. The van der Waals surface area contributed by atoms with E-state index >= 15 is 0 Å². The zero-order valence-corrected chi connectivity index (χ0v) is 11.4. The number of hydrogen-bond donors (Lipinski definition) is 2. The van der Waals surface area contributed by atoms with Gasteiger partial charge in [0, 0.05) is 26.2 Å². The SMILES string of the molecule is O=C(Cn1cnnn1)Nc1ccc(N2CCNCC2)cn1. The van der Waals surface area contributed by atoms with Crippen LogP contribution in [0.1, 0.15) is 0 Å². The molecule has 9 nitrogen and oxygen atoms in total. The van der Waals surface area contributed by atoms with E-state index in [0.717, 1.165) is 31.9 Å². The number of aromatic nitrogens is 5. The van der Waals surface area contributed by atoms with Gasteiger partial charge in [-0.3, -0.25) is 4.79 Å². The second-order valence-corrected chi connectivity index (χ2v) is 4.69. The van der Waals surface area contributed by atoms with Crippen molar-refractivity contribution >= 4 is 17.4 Å². The summed E-state index contributed by atoms with van der Waals surface area (Å²) in [4.78, 5) is 18.3. The summed E-state index contributed by atoms with van der Waals surface area (Å²) >= 11 is 0. The lowest BCUT2D eigenvalue weighted by molar-refractivity contribution is -0.116. The predicted molar refractivity (Wildman–Crippen MR) is 75.8 cm³/mol. The van der Waals surface area contributed by atoms with Gasteiger partial charge in [-0.25, -0.2) is 9.67 Å². The summed E-state index contributed by atoms with van der Waals surface area (Å²) in [5, 5.41) is 16.6. The normalized spacial score (nSPS) is 15.0. The first kappa shape index (κ1) is 13.4. The van der Waals surface area contributed by atoms with Gasteiger partial charge in [0.05, 0.1) is 11.9 Å². The summed E-state index contributed by atoms with van der Waals surface area (Å²) in [5.74, 6) is 0.302. The number of pyridine rings is 1. The molecule has 2 aromatic heterocycles. The van der Waals surface area contributed by atoms with Crippen molar-refractivity contribution in [3.8, 4) is 0 Å². The number of hydrogen-bond acceptors (Lipinski definition) is 7. The van der Waals surface area contributed by atoms with Crippen LogP contribution in [0, 0.1) is 0 Å². The number of nitrogens with one attached hydrogen (secondary N) is 2. The highest BCUT2D eigenvalue weighted by Gasteiger charge is 2.11. The molecule has 110 valence electrons. The van der Waals surface area contributed by atoms with E-state index in [-0.39, 0.29) is 12.5 Å². The smallest absolute Gasteiger partial charge is 0.247 e. The Labute approximate surface area is 121 Å². The second-order valence-electron chi connectivity index (χ2n) is 4.69. The maximum Gasteiger partial charge on any atom is 0.247 e. The molecule has 3 rings (SSSR count). The van der Waals surface area contributed by atoms with Gasteiger partial charge in [-0.2, -0.15) is 0 Å². The highest BCUT2D eigenvalue weighted by atomic mass is 16.2. The van der Waals surface area contributed by atoms with Crippen LogP contribution in [0.25, 0.3) is 0 Å². The van der Waals surface area contributed by atoms with Gasteiger partial charge in [-0.1, -0.05) is 0 Å². The summed E-state index contributed by atoms with van der Waals surface area (Å²) < 4.78 is 1.35. The number of amides is 1. The Hall–Kier alpha value is -2.55. The average Bonchev–Trinajstić information content (AvgIpc) is 3.02. The Bertz CT molecular complexity index is 576. The number of piperazine rings is 1. The quantitative estimate of drug-likeness (QED) is 0.753. The fraction of sp³-hybridized carbons (Fsp3) is 0.417. The van der Waals surface area contributed by atoms with Crippen molar-refractivity contribution < 1.29 is 4.79 Å². The zero-order chi connectivity index (χ0) is 14.5. The molecule has 21 heavy (non-hydrogen) atoms. The van der Waals surface area contributed by atoms with Gasteiger partial charge in [0.2, 0.25) is 5.91 Å². The van der Waals surface area contributed by atoms with E-state index in [4.69, 9.17) is 0 Å². The molecule has 0 atom stereocenters. The van der Waals surface area contributed by atoms with Crippen molar-refractivity contribution in [2.45, 2.75) is 6.54 Å². The van der Waals surface area contributed by atoms with Crippen molar-refractivity contribution in [2.24, 2.45) is 0 Å². The van der Waals surface area contributed by atoms with Crippen LogP contribution in [-0.2, 0) is 11.3 Å². The first-order chi connectivity index (χ1) is 10.3. The minimum atomic E-state index is -0.218. The van der Waals surface area contributed by atoms with Crippen molar-refractivity contribution in [3.63, 3.8) is 0 Å². The summed E-state index contributed by atoms with van der Waals surface area (Å²) in [7, 11) is 0. The highest BCUT2D eigenvalue weighted by molar-refractivity contribution is 5.89. The lowest BCUT2D eigenvalue weighted by Crippen LogP contribution is -2.43. The van der Waals surface area contributed by atoms with Gasteiger partial charge in [0.1, 0.15) is 18.7 Å². The number of anilines is 2. The van der Waals surface area contributed by atoms with Gasteiger partial charge in [0.15, 0.2) is 0 Å². The number of carbonyl (C=O) groups is 1.